The summed E-state index contributed by atoms with van der Waals surface area (Å²) in [6.45, 7) is 3.15. The molecular weight excluding hydrogens is 336 g/mol. The summed E-state index contributed by atoms with van der Waals surface area (Å²) in [5.74, 6) is 0.0334. The van der Waals surface area contributed by atoms with Crippen LogP contribution in [0.2, 0.25) is 0 Å². The second-order valence-corrected chi connectivity index (χ2v) is 6.71. The lowest BCUT2D eigenvalue weighted by molar-refractivity contribution is 0.0437. The van der Waals surface area contributed by atoms with Gasteiger partial charge in [-0.05, 0) is 29.3 Å². The molecule has 0 bridgehead atoms. The molecule has 0 aliphatic carbocycles. The topological polar surface area (TPSA) is 41.9 Å². The standard InChI is InChI=1S/C23H22N2O2/c1-2-25(16-19-15-22(24-27-19)18-10-4-3-5-11-18)23(26)21-14-8-12-17-9-6-7-13-20(17)21/h3-14,19H,2,15-16H2,1H3. The normalized spacial score (nSPS) is 16.0. The lowest BCUT2D eigenvalue weighted by atomic mass is 10.0. The molecule has 1 aliphatic heterocycles. The molecule has 1 unspecified atom stereocenters. The first kappa shape index (κ1) is 17.3. The first-order valence-corrected chi connectivity index (χ1v) is 9.31. The lowest BCUT2D eigenvalue weighted by Crippen LogP contribution is -2.37. The fourth-order valence-electron chi connectivity index (χ4n) is 3.51. The zero-order chi connectivity index (χ0) is 18.6. The summed E-state index contributed by atoms with van der Waals surface area (Å²) in [7, 11) is 0. The number of nitrogens with zero attached hydrogens (tertiary/aromatic N) is 2. The molecule has 4 heteroatoms. The van der Waals surface area contributed by atoms with Crippen LogP contribution in [0.1, 0.15) is 29.3 Å². The van der Waals surface area contributed by atoms with Gasteiger partial charge in [0.1, 0.15) is 0 Å². The molecule has 0 saturated carbocycles. The van der Waals surface area contributed by atoms with Crippen LogP contribution in [-0.2, 0) is 4.84 Å². The van der Waals surface area contributed by atoms with Crippen LogP contribution in [-0.4, -0.2) is 35.7 Å². The van der Waals surface area contributed by atoms with Gasteiger partial charge in [0.25, 0.3) is 5.91 Å². The molecule has 0 fully saturated rings. The van der Waals surface area contributed by atoms with Gasteiger partial charge in [-0.3, -0.25) is 4.79 Å². The molecule has 1 atom stereocenters. The number of amides is 1. The van der Waals surface area contributed by atoms with Gasteiger partial charge in [0, 0.05) is 18.5 Å². The highest BCUT2D eigenvalue weighted by atomic mass is 16.6. The van der Waals surface area contributed by atoms with Crippen molar-refractivity contribution in [3.05, 3.63) is 83.9 Å². The third-order valence-electron chi connectivity index (χ3n) is 4.95. The Morgan fingerprint density at radius 2 is 1.78 bits per heavy atom. The van der Waals surface area contributed by atoms with Gasteiger partial charge in [-0.15, -0.1) is 0 Å². The second kappa shape index (κ2) is 7.62. The van der Waals surface area contributed by atoms with Gasteiger partial charge in [0.2, 0.25) is 0 Å². The molecule has 0 aromatic heterocycles. The van der Waals surface area contributed by atoms with E-state index in [0.29, 0.717) is 19.5 Å². The van der Waals surface area contributed by atoms with Crippen molar-refractivity contribution < 1.29 is 9.63 Å². The summed E-state index contributed by atoms with van der Waals surface area (Å²) < 4.78 is 0. The van der Waals surface area contributed by atoms with Gasteiger partial charge in [-0.25, -0.2) is 0 Å². The summed E-state index contributed by atoms with van der Waals surface area (Å²) >= 11 is 0. The smallest absolute Gasteiger partial charge is 0.254 e. The molecule has 1 heterocycles. The minimum Gasteiger partial charge on any atom is -0.390 e. The van der Waals surface area contributed by atoms with Crippen LogP contribution >= 0.6 is 0 Å². The number of oxime groups is 1. The number of carbonyl (C=O) groups excluding carboxylic acids is 1. The van der Waals surface area contributed by atoms with E-state index in [0.717, 1.165) is 27.6 Å². The molecule has 3 aromatic carbocycles. The quantitative estimate of drug-likeness (QED) is 0.674. The summed E-state index contributed by atoms with van der Waals surface area (Å²) in [5.41, 5.74) is 2.75. The molecule has 0 spiro atoms. The van der Waals surface area contributed by atoms with Crippen LogP contribution in [0.15, 0.2) is 78.0 Å². The van der Waals surface area contributed by atoms with E-state index in [1.807, 2.05) is 84.6 Å². The zero-order valence-electron chi connectivity index (χ0n) is 15.3. The van der Waals surface area contributed by atoms with Gasteiger partial charge in [0.15, 0.2) is 6.10 Å². The molecule has 136 valence electrons. The molecule has 0 N–H and O–H groups in total. The van der Waals surface area contributed by atoms with Gasteiger partial charge >= 0.3 is 0 Å². The summed E-state index contributed by atoms with van der Waals surface area (Å²) in [4.78, 5) is 20.6. The maximum absolute atomic E-state index is 13.2. The average molecular weight is 358 g/mol. The molecule has 1 aliphatic rings. The molecular formula is C23H22N2O2. The number of carbonyl (C=O) groups is 1. The Balaban J connectivity index is 1.49. The molecule has 4 rings (SSSR count). The summed E-state index contributed by atoms with van der Waals surface area (Å²) in [6.07, 6.45) is 0.600. The van der Waals surface area contributed by atoms with Crippen molar-refractivity contribution in [1.29, 1.82) is 0 Å². The van der Waals surface area contributed by atoms with Gasteiger partial charge in [-0.1, -0.05) is 71.9 Å². The van der Waals surface area contributed by atoms with E-state index in [1.165, 1.54) is 0 Å². The number of hydrogen-bond acceptors (Lipinski definition) is 3. The van der Waals surface area contributed by atoms with E-state index < -0.39 is 0 Å². The van der Waals surface area contributed by atoms with Crippen LogP contribution in [0.3, 0.4) is 0 Å². The van der Waals surface area contributed by atoms with Crippen molar-refractivity contribution in [2.24, 2.45) is 5.16 Å². The highest BCUT2D eigenvalue weighted by Crippen LogP contribution is 2.22. The molecule has 0 radical (unpaired) electrons. The average Bonchev–Trinajstić information content (AvgIpc) is 3.20. The van der Waals surface area contributed by atoms with E-state index in [-0.39, 0.29) is 12.0 Å². The molecule has 1 amide bonds. The van der Waals surface area contributed by atoms with Crippen LogP contribution < -0.4 is 0 Å². The zero-order valence-corrected chi connectivity index (χ0v) is 15.3. The van der Waals surface area contributed by atoms with Gasteiger partial charge < -0.3 is 9.74 Å². The lowest BCUT2D eigenvalue weighted by Gasteiger charge is -2.24. The summed E-state index contributed by atoms with van der Waals surface area (Å²) in [6, 6.07) is 23.9. The number of hydrogen-bond donors (Lipinski definition) is 0. The predicted molar refractivity (Wildman–Crippen MR) is 108 cm³/mol. The van der Waals surface area contributed by atoms with Crippen LogP contribution in [0.25, 0.3) is 10.8 Å². The Bertz CT molecular complexity index is 977. The SMILES string of the molecule is CCN(CC1CC(c2ccccc2)=NO1)C(=O)c1cccc2ccccc12. The summed E-state index contributed by atoms with van der Waals surface area (Å²) in [5, 5.41) is 6.29. The third kappa shape index (κ3) is 3.56. The van der Waals surface area contributed by atoms with Crippen molar-refractivity contribution in [1.82, 2.24) is 4.90 Å². The number of fused-ring (bicyclic) bond motifs is 1. The van der Waals surface area contributed by atoms with Crippen molar-refractivity contribution >= 4 is 22.4 Å². The van der Waals surface area contributed by atoms with Crippen molar-refractivity contribution in [2.75, 3.05) is 13.1 Å². The van der Waals surface area contributed by atoms with Crippen LogP contribution in [0, 0.1) is 0 Å². The van der Waals surface area contributed by atoms with Crippen LogP contribution in [0.4, 0.5) is 0 Å². The van der Waals surface area contributed by atoms with E-state index in [4.69, 9.17) is 4.84 Å². The largest absolute Gasteiger partial charge is 0.390 e. The van der Waals surface area contributed by atoms with Crippen molar-refractivity contribution in [3.63, 3.8) is 0 Å². The molecule has 3 aromatic rings. The Morgan fingerprint density at radius 1 is 1.04 bits per heavy atom. The first-order chi connectivity index (χ1) is 13.3. The Morgan fingerprint density at radius 3 is 2.59 bits per heavy atom. The maximum atomic E-state index is 13.2. The van der Waals surface area contributed by atoms with Crippen LogP contribution in [0.5, 0.6) is 0 Å². The van der Waals surface area contributed by atoms with E-state index >= 15 is 0 Å². The predicted octanol–water partition coefficient (Wildman–Crippen LogP) is 4.50. The van der Waals surface area contributed by atoms with Gasteiger partial charge in [-0.2, -0.15) is 0 Å². The van der Waals surface area contributed by atoms with Crippen molar-refractivity contribution in [2.45, 2.75) is 19.4 Å². The monoisotopic (exact) mass is 358 g/mol. The highest BCUT2D eigenvalue weighted by Gasteiger charge is 2.27. The molecule has 4 nitrogen and oxygen atoms in total. The van der Waals surface area contributed by atoms with Crippen molar-refractivity contribution in [3.8, 4) is 0 Å². The third-order valence-corrected chi connectivity index (χ3v) is 4.95. The van der Waals surface area contributed by atoms with E-state index in [1.54, 1.807) is 0 Å². The molecule has 27 heavy (non-hydrogen) atoms. The Kier molecular flexibility index (Phi) is 4.88. The van der Waals surface area contributed by atoms with E-state index in [9.17, 15) is 4.79 Å². The first-order valence-electron chi connectivity index (χ1n) is 9.31. The maximum Gasteiger partial charge on any atom is 0.254 e. The Hall–Kier alpha value is -3.14. The minimum atomic E-state index is -0.112. The number of benzene rings is 3. The fraction of sp³-hybridized carbons (Fsp3) is 0.217. The Labute approximate surface area is 159 Å². The fourth-order valence-corrected chi connectivity index (χ4v) is 3.51. The number of likely N-dealkylation sites (N-methyl/N-ethyl adjacent to an activating group) is 1. The highest BCUT2D eigenvalue weighted by molar-refractivity contribution is 6.07. The van der Waals surface area contributed by atoms with E-state index in [2.05, 4.69) is 5.16 Å². The number of rotatable bonds is 5. The molecule has 0 saturated heterocycles. The second-order valence-electron chi connectivity index (χ2n) is 6.71. The minimum absolute atomic E-state index is 0.0334. The van der Waals surface area contributed by atoms with Gasteiger partial charge in [0.05, 0.1) is 12.3 Å².